The lowest BCUT2D eigenvalue weighted by Gasteiger charge is -2.17. The molecular formula is C22H26N4O2. The molecule has 0 aliphatic heterocycles. The molecule has 1 amide bonds. The highest BCUT2D eigenvalue weighted by Gasteiger charge is 2.16. The van der Waals surface area contributed by atoms with Crippen LogP contribution in [0.3, 0.4) is 0 Å². The van der Waals surface area contributed by atoms with E-state index < -0.39 is 0 Å². The summed E-state index contributed by atoms with van der Waals surface area (Å²) in [5.41, 5.74) is 3.91. The van der Waals surface area contributed by atoms with Crippen LogP contribution in [-0.4, -0.2) is 54.4 Å². The van der Waals surface area contributed by atoms with Crippen molar-refractivity contribution in [2.75, 3.05) is 33.9 Å². The maximum absolute atomic E-state index is 12.4. The van der Waals surface area contributed by atoms with Crippen LogP contribution in [0.15, 0.2) is 66.9 Å². The largest absolute Gasteiger partial charge is 0.383 e. The van der Waals surface area contributed by atoms with Crippen molar-refractivity contribution in [3.63, 3.8) is 0 Å². The number of para-hydroxylation sites is 1. The number of nitrogens with zero attached hydrogens (tertiary/aromatic N) is 3. The fourth-order valence-electron chi connectivity index (χ4n) is 2.93. The summed E-state index contributed by atoms with van der Waals surface area (Å²) in [6, 6.07) is 20.0. The molecule has 1 heterocycles. The van der Waals surface area contributed by atoms with Gasteiger partial charge in [0.15, 0.2) is 0 Å². The highest BCUT2D eigenvalue weighted by molar-refractivity contribution is 5.78. The number of carbonyl (C=O) groups excluding carboxylic acids is 1. The molecule has 0 radical (unpaired) electrons. The zero-order chi connectivity index (χ0) is 19.8. The molecule has 6 heteroatoms. The predicted octanol–water partition coefficient (Wildman–Crippen LogP) is 2.73. The fraction of sp³-hybridized carbons (Fsp3) is 0.273. The van der Waals surface area contributed by atoms with E-state index in [4.69, 9.17) is 9.84 Å². The molecular weight excluding hydrogens is 352 g/mol. The van der Waals surface area contributed by atoms with E-state index in [-0.39, 0.29) is 12.5 Å². The highest BCUT2D eigenvalue weighted by Crippen LogP contribution is 2.24. The van der Waals surface area contributed by atoms with E-state index in [9.17, 15) is 4.79 Å². The van der Waals surface area contributed by atoms with E-state index in [1.165, 1.54) is 0 Å². The summed E-state index contributed by atoms with van der Waals surface area (Å²) in [4.78, 5) is 14.2. The van der Waals surface area contributed by atoms with Gasteiger partial charge in [-0.2, -0.15) is 5.10 Å². The molecule has 0 aliphatic rings. The van der Waals surface area contributed by atoms with Gasteiger partial charge in [0.2, 0.25) is 5.91 Å². The minimum absolute atomic E-state index is 0.0302. The molecule has 0 aliphatic carbocycles. The minimum atomic E-state index is 0.0302. The maximum Gasteiger partial charge on any atom is 0.236 e. The van der Waals surface area contributed by atoms with Crippen molar-refractivity contribution in [3.8, 4) is 16.9 Å². The Morgan fingerprint density at radius 3 is 2.46 bits per heavy atom. The van der Waals surface area contributed by atoms with Crippen LogP contribution in [0.2, 0.25) is 0 Å². The van der Waals surface area contributed by atoms with Crippen molar-refractivity contribution in [2.24, 2.45) is 0 Å². The molecule has 6 nitrogen and oxygen atoms in total. The molecule has 0 spiro atoms. The molecule has 0 saturated heterocycles. The number of nitrogens with one attached hydrogen (secondary N) is 1. The van der Waals surface area contributed by atoms with Crippen molar-refractivity contribution in [3.05, 3.63) is 72.4 Å². The first-order valence-electron chi connectivity index (χ1n) is 9.32. The summed E-state index contributed by atoms with van der Waals surface area (Å²) >= 11 is 0. The van der Waals surface area contributed by atoms with E-state index in [2.05, 4.69) is 5.32 Å². The molecule has 146 valence electrons. The summed E-state index contributed by atoms with van der Waals surface area (Å²) in [5.74, 6) is 0.0302. The Labute approximate surface area is 165 Å². The van der Waals surface area contributed by atoms with Crippen molar-refractivity contribution in [1.29, 1.82) is 0 Å². The first kappa shape index (κ1) is 19.8. The number of methoxy groups -OCH3 is 1. The second-order valence-corrected chi connectivity index (χ2v) is 6.57. The second-order valence-electron chi connectivity index (χ2n) is 6.57. The van der Waals surface area contributed by atoms with E-state index in [0.717, 1.165) is 22.5 Å². The summed E-state index contributed by atoms with van der Waals surface area (Å²) < 4.78 is 6.86. The predicted molar refractivity (Wildman–Crippen MR) is 110 cm³/mol. The van der Waals surface area contributed by atoms with Crippen LogP contribution in [0.5, 0.6) is 0 Å². The van der Waals surface area contributed by atoms with Gasteiger partial charge >= 0.3 is 0 Å². The molecule has 1 N–H and O–H groups in total. The third-order valence-electron chi connectivity index (χ3n) is 4.45. The SMILES string of the molecule is COCCNCC(=O)N(C)Cc1cn(-c2ccccc2)nc1-c1ccccc1. The zero-order valence-corrected chi connectivity index (χ0v) is 16.3. The Balaban J connectivity index is 1.81. The number of aromatic nitrogens is 2. The average Bonchev–Trinajstić information content (AvgIpc) is 3.16. The molecule has 0 saturated carbocycles. The van der Waals surface area contributed by atoms with Crippen LogP contribution in [0.4, 0.5) is 0 Å². The van der Waals surface area contributed by atoms with Gasteiger partial charge in [0, 0.05) is 44.6 Å². The Kier molecular flexibility index (Phi) is 6.94. The van der Waals surface area contributed by atoms with Gasteiger partial charge in [0.05, 0.1) is 24.5 Å². The standard InChI is InChI=1S/C22H26N4O2/c1-25(21(27)15-23-13-14-28-2)16-19-17-26(20-11-7-4-8-12-20)24-22(19)18-9-5-3-6-10-18/h3-12,17,23H,13-16H2,1-2H3. The van der Waals surface area contributed by atoms with Crippen molar-refractivity contribution in [1.82, 2.24) is 20.0 Å². The second kappa shape index (κ2) is 9.82. The van der Waals surface area contributed by atoms with Gasteiger partial charge in [-0.25, -0.2) is 4.68 Å². The summed E-state index contributed by atoms with van der Waals surface area (Å²) in [6.07, 6.45) is 2.00. The number of benzene rings is 2. The summed E-state index contributed by atoms with van der Waals surface area (Å²) in [5, 5.41) is 7.89. The van der Waals surface area contributed by atoms with Crippen molar-refractivity contribution < 1.29 is 9.53 Å². The molecule has 3 rings (SSSR count). The van der Waals surface area contributed by atoms with Crippen LogP contribution in [0.25, 0.3) is 16.9 Å². The lowest BCUT2D eigenvalue weighted by atomic mass is 10.1. The lowest BCUT2D eigenvalue weighted by Crippen LogP contribution is -2.36. The van der Waals surface area contributed by atoms with Crippen LogP contribution in [0, 0.1) is 0 Å². The van der Waals surface area contributed by atoms with Gasteiger partial charge in [0.25, 0.3) is 0 Å². The van der Waals surface area contributed by atoms with Crippen molar-refractivity contribution in [2.45, 2.75) is 6.54 Å². The highest BCUT2D eigenvalue weighted by atomic mass is 16.5. The fourth-order valence-corrected chi connectivity index (χ4v) is 2.93. The molecule has 3 aromatic rings. The molecule has 1 aromatic heterocycles. The number of carbonyl (C=O) groups is 1. The third-order valence-corrected chi connectivity index (χ3v) is 4.45. The van der Waals surface area contributed by atoms with Gasteiger partial charge in [-0.3, -0.25) is 4.79 Å². The van der Waals surface area contributed by atoms with Crippen molar-refractivity contribution >= 4 is 5.91 Å². The Bertz CT molecular complexity index is 878. The first-order valence-corrected chi connectivity index (χ1v) is 9.32. The molecule has 0 atom stereocenters. The number of likely N-dealkylation sites (N-methyl/N-ethyl adjacent to an activating group) is 1. The molecule has 0 fully saturated rings. The first-order chi connectivity index (χ1) is 13.7. The molecule has 28 heavy (non-hydrogen) atoms. The summed E-state index contributed by atoms with van der Waals surface area (Å²) in [7, 11) is 3.46. The Morgan fingerprint density at radius 2 is 1.79 bits per heavy atom. The topological polar surface area (TPSA) is 59.4 Å². The number of hydrogen-bond donors (Lipinski definition) is 1. The maximum atomic E-state index is 12.4. The van der Waals surface area contributed by atoms with Crippen LogP contribution in [-0.2, 0) is 16.1 Å². The van der Waals surface area contributed by atoms with Gasteiger partial charge in [-0.05, 0) is 12.1 Å². The molecule has 2 aromatic carbocycles. The van der Waals surface area contributed by atoms with E-state index >= 15 is 0 Å². The number of rotatable bonds is 9. The zero-order valence-electron chi connectivity index (χ0n) is 16.3. The molecule has 0 bridgehead atoms. The Hall–Kier alpha value is -2.96. The van der Waals surface area contributed by atoms with Gasteiger partial charge in [-0.15, -0.1) is 0 Å². The summed E-state index contributed by atoms with van der Waals surface area (Å²) in [6.45, 7) is 2.01. The Morgan fingerprint density at radius 1 is 1.11 bits per heavy atom. The number of ether oxygens (including phenoxy) is 1. The molecule has 0 unspecified atom stereocenters. The van der Waals surface area contributed by atoms with E-state index in [0.29, 0.717) is 19.7 Å². The smallest absolute Gasteiger partial charge is 0.236 e. The normalized spacial score (nSPS) is 10.8. The van der Waals surface area contributed by atoms with Crippen LogP contribution in [0.1, 0.15) is 5.56 Å². The van der Waals surface area contributed by atoms with Gasteiger partial charge in [0.1, 0.15) is 0 Å². The van der Waals surface area contributed by atoms with Gasteiger partial charge in [-0.1, -0.05) is 48.5 Å². The van der Waals surface area contributed by atoms with E-state index in [1.54, 1.807) is 12.0 Å². The third kappa shape index (κ3) is 5.06. The van der Waals surface area contributed by atoms with Crippen LogP contribution < -0.4 is 5.32 Å². The number of hydrogen-bond acceptors (Lipinski definition) is 4. The quantitative estimate of drug-likeness (QED) is 0.582. The number of amides is 1. The van der Waals surface area contributed by atoms with E-state index in [1.807, 2.05) is 78.6 Å². The monoisotopic (exact) mass is 378 g/mol. The van der Waals surface area contributed by atoms with Crippen LogP contribution >= 0.6 is 0 Å². The average molecular weight is 378 g/mol. The minimum Gasteiger partial charge on any atom is -0.383 e. The lowest BCUT2D eigenvalue weighted by molar-refractivity contribution is -0.129. The van der Waals surface area contributed by atoms with Gasteiger partial charge < -0.3 is 15.0 Å².